The molecule has 0 radical (unpaired) electrons. The van der Waals surface area contributed by atoms with Crippen molar-refractivity contribution in [1.82, 2.24) is 10.3 Å². The van der Waals surface area contributed by atoms with Crippen molar-refractivity contribution in [2.24, 2.45) is 5.92 Å². The van der Waals surface area contributed by atoms with E-state index in [1.807, 2.05) is 12.1 Å². The van der Waals surface area contributed by atoms with Crippen LogP contribution in [-0.4, -0.2) is 17.4 Å². The van der Waals surface area contributed by atoms with Gasteiger partial charge < -0.3 is 10.6 Å². The third-order valence-corrected chi connectivity index (χ3v) is 3.24. The van der Waals surface area contributed by atoms with Crippen LogP contribution in [-0.2, 0) is 6.54 Å². The SMILES string of the molecule is Cc1cccc(CNc2ccnc(C(=O)NCC(C)C)c2)c1. The molecule has 0 unspecified atom stereocenters. The van der Waals surface area contributed by atoms with Crippen LogP contribution in [0.4, 0.5) is 5.69 Å². The van der Waals surface area contributed by atoms with E-state index in [0.717, 1.165) is 12.2 Å². The molecule has 2 aromatic rings. The second kappa shape index (κ2) is 7.59. The minimum atomic E-state index is -0.132. The van der Waals surface area contributed by atoms with Crippen molar-refractivity contribution in [3.05, 3.63) is 59.4 Å². The van der Waals surface area contributed by atoms with Gasteiger partial charge >= 0.3 is 0 Å². The molecule has 0 saturated heterocycles. The van der Waals surface area contributed by atoms with E-state index in [1.54, 1.807) is 12.3 Å². The van der Waals surface area contributed by atoms with Gasteiger partial charge in [0.1, 0.15) is 5.69 Å². The quantitative estimate of drug-likeness (QED) is 0.859. The number of anilines is 1. The van der Waals surface area contributed by atoms with Gasteiger partial charge in [0, 0.05) is 25.0 Å². The highest BCUT2D eigenvalue weighted by Gasteiger charge is 2.08. The highest BCUT2D eigenvalue weighted by Crippen LogP contribution is 2.11. The fourth-order valence-electron chi connectivity index (χ4n) is 2.08. The zero-order valence-electron chi connectivity index (χ0n) is 13.4. The molecular weight excluding hydrogens is 274 g/mol. The van der Waals surface area contributed by atoms with Gasteiger partial charge in [-0.15, -0.1) is 0 Å². The van der Waals surface area contributed by atoms with Crippen LogP contribution in [0.2, 0.25) is 0 Å². The maximum atomic E-state index is 12.0. The Balaban J connectivity index is 1.97. The molecule has 1 aromatic carbocycles. The summed E-state index contributed by atoms with van der Waals surface area (Å²) in [6, 6.07) is 12.0. The summed E-state index contributed by atoms with van der Waals surface area (Å²) in [4.78, 5) is 16.2. The first kappa shape index (κ1) is 16.0. The molecule has 22 heavy (non-hydrogen) atoms. The number of carbonyl (C=O) groups excluding carboxylic acids is 1. The summed E-state index contributed by atoms with van der Waals surface area (Å²) >= 11 is 0. The van der Waals surface area contributed by atoms with Crippen molar-refractivity contribution in [2.45, 2.75) is 27.3 Å². The molecule has 0 aliphatic heterocycles. The molecule has 0 aliphatic rings. The highest BCUT2D eigenvalue weighted by molar-refractivity contribution is 5.93. The number of hydrogen-bond acceptors (Lipinski definition) is 3. The Labute approximate surface area is 132 Å². The number of hydrogen-bond donors (Lipinski definition) is 2. The first-order valence-electron chi connectivity index (χ1n) is 7.58. The van der Waals surface area contributed by atoms with Crippen molar-refractivity contribution in [1.29, 1.82) is 0 Å². The topological polar surface area (TPSA) is 54.0 Å². The zero-order chi connectivity index (χ0) is 15.9. The number of pyridine rings is 1. The lowest BCUT2D eigenvalue weighted by Crippen LogP contribution is -2.28. The summed E-state index contributed by atoms with van der Waals surface area (Å²) in [5.41, 5.74) is 3.78. The molecule has 1 amide bonds. The maximum Gasteiger partial charge on any atom is 0.269 e. The lowest BCUT2D eigenvalue weighted by molar-refractivity contribution is 0.0944. The Morgan fingerprint density at radius 2 is 2.05 bits per heavy atom. The average Bonchev–Trinajstić information content (AvgIpc) is 2.51. The minimum Gasteiger partial charge on any atom is -0.381 e. The van der Waals surface area contributed by atoms with Gasteiger partial charge in [0.05, 0.1) is 0 Å². The van der Waals surface area contributed by atoms with E-state index in [2.05, 4.69) is 54.6 Å². The predicted molar refractivity (Wildman–Crippen MR) is 89.9 cm³/mol. The summed E-state index contributed by atoms with van der Waals surface area (Å²) in [7, 11) is 0. The number of aromatic nitrogens is 1. The van der Waals surface area contributed by atoms with Gasteiger partial charge in [0.2, 0.25) is 0 Å². The first-order valence-corrected chi connectivity index (χ1v) is 7.58. The molecular formula is C18H23N3O. The third-order valence-electron chi connectivity index (χ3n) is 3.24. The molecule has 0 spiro atoms. The number of carbonyl (C=O) groups is 1. The van der Waals surface area contributed by atoms with Crippen LogP contribution in [0.15, 0.2) is 42.6 Å². The lowest BCUT2D eigenvalue weighted by atomic mass is 10.1. The van der Waals surface area contributed by atoms with Crippen molar-refractivity contribution < 1.29 is 4.79 Å². The largest absolute Gasteiger partial charge is 0.381 e. The Morgan fingerprint density at radius 1 is 1.23 bits per heavy atom. The summed E-state index contributed by atoms with van der Waals surface area (Å²) < 4.78 is 0. The summed E-state index contributed by atoms with van der Waals surface area (Å²) in [5, 5.41) is 6.21. The molecule has 4 heteroatoms. The van der Waals surface area contributed by atoms with E-state index in [-0.39, 0.29) is 5.91 Å². The summed E-state index contributed by atoms with van der Waals surface area (Å²) in [6.45, 7) is 7.58. The Morgan fingerprint density at radius 3 is 2.77 bits per heavy atom. The monoisotopic (exact) mass is 297 g/mol. The van der Waals surface area contributed by atoms with Crippen molar-refractivity contribution >= 4 is 11.6 Å². The number of nitrogens with one attached hydrogen (secondary N) is 2. The van der Waals surface area contributed by atoms with E-state index < -0.39 is 0 Å². The normalized spacial score (nSPS) is 10.5. The van der Waals surface area contributed by atoms with Gasteiger partial charge in [-0.3, -0.25) is 9.78 Å². The van der Waals surface area contributed by atoms with Crippen LogP contribution in [0, 0.1) is 12.8 Å². The molecule has 1 heterocycles. The van der Waals surface area contributed by atoms with Gasteiger partial charge in [-0.05, 0) is 30.5 Å². The Bertz CT molecular complexity index is 638. The second-order valence-electron chi connectivity index (χ2n) is 5.88. The van der Waals surface area contributed by atoms with Crippen LogP contribution in [0.5, 0.6) is 0 Å². The number of aryl methyl sites for hydroxylation is 1. The van der Waals surface area contributed by atoms with Gasteiger partial charge in [0.15, 0.2) is 0 Å². The highest BCUT2D eigenvalue weighted by atomic mass is 16.1. The molecule has 0 bridgehead atoms. The molecule has 0 atom stereocenters. The van der Waals surface area contributed by atoms with E-state index in [1.165, 1.54) is 11.1 Å². The standard InChI is InChI=1S/C18H23N3O/c1-13(2)11-21-18(22)17-10-16(7-8-19-17)20-12-15-6-4-5-14(3)9-15/h4-10,13H,11-12H2,1-3H3,(H,19,20)(H,21,22). The van der Waals surface area contributed by atoms with Crippen LogP contribution in [0.25, 0.3) is 0 Å². The van der Waals surface area contributed by atoms with E-state index in [0.29, 0.717) is 18.2 Å². The van der Waals surface area contributed by atoms with Gasteiger partial charge in [-0.2, -0.15) is 0 Å². The van der Waals surface area contributed by atoms with Gasteiger partial charge in [0.25, 0.3) is 5.91 Å². The molecule has 116 valence electrons. The lowest BCUT2D eigenvalue weighted by Gasteiger charge is -2.10. The molecule has 0 aliphatic carbocycles. The van der Waals surface area contributed by atoms with Crippen LogP contribution in [0.1, 0.15) is 35.5 Å². The Kier molecular flexibility index (Phi) is 5.53. The molecule has 4 nitrogen and oxygen atoms in total. The third kappa shape index (κ3) is 4.88. The van der Waals surface area contributed by atoms with Crippen molar-refractivity contribution in [3.8, 4) is 0 Å². The zero-order valence-corrected chi connectivity index (χ0v) is 13.4. The fraction of sp³-hybridized carbons (Fsp3) is 0.333. The molecule has 2 N–H and O–H groups in total. The predicted octanol–water partition coefficient (Wildman–Crippen LogP) is 3.39. The average molecular weight is 297 g/mol. The number of amides is 1. The maximum absolute atomic E-state index is 12.0. The van der Waals surface area contributed by atoms with E-state index in [4.69, 9.17) is 0 Å². The number of benzene rings is 1. The van der Waals surface area contributed by atoms with Gasteiger partial charge in [-0.1, -0.05) is 43.7 Å². The van der Waals surface area contributed by atoms with Gasteiger partial charge in [-0.25, -0.2) is 0 Å². The minimum absolute atomic E-state index is 0.132. The van der Waals surface area contributed by atoms with Crippen LogP contribution in [0.3, 0.4) is 0 Å². The molecule has 0 saturated carbocycles. The second-order valence-corrected chi connectivity index (χ2v) is 5.88. The van der Waals surface area contributed by atoms with Crippen LogP contribution < -0.4 is 10.6 Å². The Hall–Kier alpha value is -2.36. The van der Waals surface area contributed by atoms with Crippen molar-refractivity contribution in [2.75, 3.05) is 11.9 Å². The summed E-state index contributed by atoms with van der Waals surface area (Å²) in [5.74, 6) is 0.291. The first-order chi connectivity index (χ1) is 10.5. The van der Waals surface area contributed by atoms with E-state index in [9.17, 15) is 4.79 Å². The smallest absolute Gasteiger partial charge is 0.269 e. The number of rotatable bonds is 6. The van der Waals surface area contributed by atoms with Crippen LogP contribution >= 0.6 is 0 Å². The van der Waals surface area contributed by atoms with E-state index >= 15 is 0 Å². The summed E-state index contributed by atoms with van der Waals surface area (Å²) in [6.07, 6.45) is 1.66. The molecule has 2 rings (SSSR count). The number of nitrogens with zero attached hydrogens (tertiary/aromatic N) is 1. The molecule has 1 aromatic heterocycles. The fourth-order valence-corrected chi connectivity index (χ4v) is 2.08. The van der Waals surface area contributed by atoms with Crippen molar-refractivity contribution in [3.63, 3.8) is 0 Å². The molecule has 0 fully saturated rings.